The van der Waals surface area contributed by atoms with Gasteiger partial charge in [0.15, 0.2) is 11.6 Å². The molecule has 5 heteroatoms. The molecule has 4 aromatic carbocycles. The average molecular weight is 542 g/mol. The molecule has 1 aliphatic carbocycles. The van der Waals surface area contributed by atoms with E-state index in [4.69, 9.17) is 0 Å². The number of aryl methyl sites for hydroxylation is 2. The highest BCUT2D eigenvalue weighted by Gasteiger charge is 2.32. The fourth-order valence-corrected chi connectivity index (χ4v) is 7.27. The molecule has 0 unspecified atom stereocenters. The van der Waals surface area contributed by atoms with Crippen LogP contribution in [0.15, 0.2) is 103 Å². The zero-order valence-electron chi connectivity index (χ0n) is 21.4. The molecule has 0 aliphatic heterocycles. The summed E-state index contributed by atoms with van der Waals surface area (Å²) in [4.78, 5) is 28.9. The maximum Gasteiger partial charge on any atom is 0.197 e. The molecular weight excluding hydrogens is 519 g/mol. The number of thiophene rings is 2. The first kappa shape index (κ1) is 23.8. The van der Waals surface area contributed by atoms with Crippen molar-refractivity contribution < 1.29 is 9.59 Å². The van der Waals surface area contributed by atoms with E-state index in [1.165, 1.54) is 21.2 Å². The van der Waals surface area contributed by atoms with E-state index in [0.29, 0.717) is 11.1 Å². The standard InChI is InChI=1S/C34H23NO2S2/c1-20-7-11-24(12-8-20)35(25-13-9-21(2)10-14-25)32-18-23-17-30-22(16-31(23)39-32)15-26(38-30)19-29-33(36)27-5-3-4-6-28(27)34(29)37/h3-19H,1-2H3. The molecule has 188 valence electrons. The zero-order chi connectivity index (χ0) is 26.7. The Balaban J connectivity index is 1.28. The van der Waals surface area contributed by atoms with Gasteiger partial charge in [0, 0.05) is 36.8 Å². The molecule has 3 nitrogen and oxygen atoms in total. The van der Waals surface area contributed by atoms with Crippen LogP contribution < -0.4 is 4.90 Å². The minimum atomic E-state index is -0.189. The SMILES string of the molecule is Cc1ccc(N(c2ccc(C)cc2)c2cc3cc4sc(C=C5C(=O)c6ccccc6C5=O)cc4cc3s2)cc1. The Hall–Kier alpha value is -4.32. The molecule has 0 saturated carbocycles. The van der Waals surface area contributed by atoms with Crippen molar-refractivity contribution in [2.24, 2.45) is 0 Å². The van der Waals surface area contributed by atoms with Gasteiger partial charge in [0.25, 0.3) is 0 Å². The molecule has 7 rings (SSSR count). The highest BCUT2D eigenvalue weighted by molar-refractivity contribution is 7.23. The lowest BCUT2D eigenvalue weighted by molar-refractivity contribution is 0.0990. The molecule has 0 N–H and O–H groups in total. The van der Waals surface area contributed by atoms with Crippen molar-refractivity contribution in [2.75, 3.05) is 4.90 Å². The molecule has 39 heavy (non-hydrogen) atoms. The van der Waals surface area contributed by atoms with Crippen molar-refractivity contribution in [2.45, 2.75) is 13.8 Å². The van der Waals surface area contributed by atoms with Gasteiger partial charge in [0.05, 0.1) is 5.57 Å². The fraction of sp³-hybridized carbons (Fsp3) is 0.0588. The van der Waals surface area contributed by atoms with E-state index in [9.17, 15) is 9.59 Å². The number of benzene rings is 4. The van der Waals surface area contributed by atoms with E-state index in [1.54, 1.807) is 53.0 Å². The number of rotatable bonds is 4. The molecule has 0 fully saturated rings. The molecule has 2 heterocycles. The van der Waals surface area contributed by atoms with Crippen molar-refractivity contribution in [3.8, 4) is 0 Å². The lowest BCUT2D eigenvalue weighted by Gasteiger charge is -2.23. The lowest BCUT2D eigenvalue weighted by atomic mass is 10.1. The molecule has 0 spiro atoms. The quantitative estimate of drug-likeness (QED) is 0.165. The van der Waals surface area contributed by atoms with Crippen molar-refractivity contribution in [1.29, 1.82) is 0 Å². The van der Waals surface area contributed by atoms with E-state index in [1.807, 2.05) is 0 Å². The van der Waals surface area contributed by atoms with Crippen LogP contribution in [0.4, 0.5) is 16.4 Å². The third-order valence-corrected chi connectivity index (χ3v) is 9.29. The van der Waals surface area contributed by atoms with Gasteiger partial charge >= 0.3 is 0 Å². The summed E-state index contributed by atoms with van der Waals surface area (Å²) in [6.07, 6.45) is 1.76. The smallest absolute Gasteiger partial charge is 0.197 e. The highest BCUT2D eigenvalue weighted by atomic mass is 32.1. The monoisotopic (exact) mass is 541 g/mol. The molecule has 0 saturated heterocycles. The Labute approximate surface area is 234 Å². The maximum absolute atomic E-state index is 12.9. The van der Waals surface area contributed by atoms with Crippen LogP contribution in [0, 0.1) is 13.8 Å². The topological polar surface area (TPSA) is 37.4 Å². The summed E-state index contributed by atoms with van der Waals surface area (Å²) in [6, 6.07) is 33.1. The number of hydrogen-bond donors (Lipinski definition) is 0. The van der Waals surface area contributed by atoms with Gasteiger partial charge in [0.2, 0.25) is 0 Å². The number of Topliss-reactive ketones (excluding diaryl/α,β-unsaturated/α-hetero) is 2. The number of hydrogen-bond acceptors (Lipinski definition) is 5. The molecule has 0 amide bonds. The zero-order valence-corrected chi connectivity index (χ0v) is 23.0. The van der Waals surface area contributed by atoms with Gasteiger partial charge in [-0.3, -0.25) is 9.59 Å². The number of carbonyl (C=O) groups is 2. The van der Waals surface area contributed by atoms with E-state index < -0.39 is 0 Å². The second kappa shape index (κ2) is 9.16. The van der Waals surface area contributed by atoms with E-state index >= 15 is 0 Å². The molecule has 0 atom stereocenters. The molecule has 1 aliphatic rings. The molecule has 0 radical (unpaired) electrons. The van der Waals surface area contributed by atoms with Gasteiger partial charge in [-0.1, -0.05) is 59.7 Å². The van der Waals surface area contributed by atoms with E-state index in [2.05, 4.69) is 91.5 Å². The van der Waals surface area contributed by atoms with Gasteiger partial charge < -0.3 is 4.90 Å². The van der Waals surface area contributed by atoms with Crippen molar-refractivity contribution in [3.63, 3.8) is 0 Å². The van der Waals surface area contributed by atoms with Crippen LogP contribution >= 0.6 is 22.7 Å². The Kier molecular flexibility index (Phi) is 5.58. The number of fused-ring (bicyclic) bond motifs is 3. The Morgan fingerprint density at radius 3 is 1.69 bits per heavy atom. The second-order valence-electron chi connectivity index (χ2n) is 9.93. The van der Waals surface area contributed by atoms with Gasteiger partial charge in [-0.15, -0.1) is 22.7 Å². The number of nitrogens with zero attached hydrogens (tertiary/aromatic N) is 1. The van der Waals surface area contributed by atoms with Gasteiger partial charge in [-0.05, 0) is 79.2 Å². The first-order chi connectivity index (χ1) is 18.9. The summed E-state index contributed by atoms with van der Waals surface area (Å²) in [5, 5.41) is 3.44. The second-order valence-corrected chi connectivity index (χ2v) is 12.1. The third kappa shape index (κ3) is 4.11. The number of allylic oxidation sites excluding steroid dienone is 1. The van der Waals surface area contributed by atoms with Crippen LogP contribution in [-0.4, -0.2) is 11.6 Å². The predicted octanol–water partition coefficient (Wildman–Crippen LogP) is 9.67. The number of carbonyl (C=O) groups excluding carboxylic acids is 2. The van der Waals surface area contributed by atoms with E-state index in [0.717, 1.165) is 31.3 Å². The Bertz CT molecular complexity index is 1820. The van der Waals surface area contributed by atoms with Gasteiger partial charge in [0.1, 0.15) is 5.00 Å². The molecule has 2 aromatic heterocycles. The van der Waals surface area contributed by atoms with Crippen LogP contribution in [0.1, 0.15) is 36.7 Å². The molecular formula is C34H23NO2S2. The summed E-state index contributed by atoms with van der Waals surface area (Å²) in [7, 11) is 0. The summed E-state index contributed by atoms with van der Waals surface area (Å²) in [5.41, 5.74) is 5.95. The third-order valence-electron chi connectivity index (χ3n) is 7.16. The lowest BCUT2D eigenvalue weighted by Crippen LogP contribution is -2.08. The molecule has 0 bridgehead atoms. The van der Waals surface area contributed by atoms with Gasteiger partial charge in [-0.2, -0.15) is 0 Å². The maximum atomic E-state index is 12.9. The van der Waals surface area contributed by atoms with Crippen molar-refractivity contribution in [3.05, 3.63) is 130 Å². The summed E-state index contributed by atoms with van der Waals surface area (Å²) >= 11 is 3.37. The average Bonchev–Trinajstić information content (AvgIpc) is 3.60. The summed E-state index contributed by atoms with van der Waals surface area (Å²) in [5.74, 6) is -0.378. The minimum absolute atomic E-state index is 0.189. The van der Waals surface area contributed by atoms with Gasteiger partial charge in [-0.25, -0.2) is 0 Å². The predicted molar refractivity (Wildman–Crippen MR) is 164 cm³/mol. The van der Waals surface area contributed by atoms with Crippen LogP contribution in [0.2, 0.25) is 0 Å². The number of anilines is 3. The van der Waals surface area contributed by atoms with Crippen LogP contribution in [0.3, 0.4) is 0 Å². The van der Waals surface area contributed by atoms with Crippen LogP contribution in [0.25, 0.3) is 26.2 Å². The summed E-state index contributed by atoms with van der Waals surface area (Å²) < 4.78 is 2.32. The first-order valence-corrected chi connectivity index (χ1v) is 14.4. The van der Waals surface area contributed by atoms with Crippen LogP contribution in [-0.2, 0) is 0 Å². The first-order valence-electron chi connectivity index (χ1n) is 12.8. The fourth-order valence-electron chi connectivity index (χ4n) is 5.10. The normalized spacial score (nSPS) is 12.9. The minimum Gasteiger partial charge on any atom is -0.302 e. The molecule has 6 aromatic rings. The Morgan fingerprint density at radius 2 is 1.13 bits per heavy atom. The Morgan fingerprint density at radius 1 is 0.615 bits per heavy atom. The van der Waals surface area contributed by atoms with Crippen molar-refractivity contribution in [1.82, 2.24) is 0 Å². The van der Waals surface area contributed by atoms with Crippen LogP contribution in [0.5, 0.6) is 0 Å². The summed E-state index contributed by atoms with van der Waals surface area (Å²) in [6.45, 7) is 4.21. The largest absolute Gasteiger partial charge is 0.302 e. The van der Waals surface area contributed by atoms with E-state index in [-0.39, 0.29) is 17.1 Å². The highest BCUT2D eigenvalue weighted by Crippen LogP contribution is 2.43. The number of ketones is 2. The van der Waals surface area contributed by atoms with Crippen molar-refractivity contribution >= 4 is 76.9 Å².